The molecule has 6 rings (SSSR count). The third kappa shape index (κ3) is 13.9. The van der Waals surface area contributed by atoms with Gasteiger partial charge in [0.05, 0.1) is 6.42 Å². The van der Waals surface area contributed by atoms with Gasteiger partial charge in [-0.1, -0.05) is 91.0 Å². The Labute approximate surface area is 405 Å². The van der Waals surface area contributed by atoms with E-state index in [4.69, 9.17) is 17.2 Å². The number of aliphatic imine (C=N–C) groups is 1. The number of fused-ring (bicyclic) bond motifs is 2. The van der Waals surface area contributed by atoms with Crippen LogP contribution in [0, 0.1) is 0 Å². The highest BCUT2D eigenvalue weighted by Gasteiger charge is 2.45. The van der Waals surface area contributed by atoms with Crippen LogP contribution in [0.5, 0.6) is 0 Å². The van der Waals surface area contributed by atoms with Crippen LogP contribution in [-0.4, -0.2) is 131 Å². The number of carbonyl (C=O) groups is 9. The predicted molar refractivity (Wildman–Crippen MR) is 256 cm³/mol. The number of benzene rings is 3. The zero-order valence-corrected chi connectivity index (χ0v) is 39.0. The minimum Gasteiger partial charge on any atom is -0.370 e. The number of nitrogens with two attached hydrogens (primary N) is 3. The maximum absolute atomic E-state index is 14.6. The van der Waals surface area contributed by atoms with Crippen molar-refractivity contribution >= 4 is 59.1 Å². The van der Waals surface area contributed by atoms with Crippen molar-refractivity contribution in [2.45, 2.75) is 113 Å². The Morgan fingerprint density at radius 1 is 0.557 bits per heavy atom. The van der Waals surface area contributed by atoms with Gasteiger partial charge in [-0.25, -0.2) is 0 Å². The quantitative estimate of drug-likeness (QED) is 0.0618. The molecule has 3 fully saturated rings. The highest BCUT2D eigenvalue weighted by molar-refractivity contribution is 6.00. The van der Waals surface area contributed by atoms with E-state index in [1.165, 1.54) is 16.7 Å². The molecule has 12 N–H and O–H groups in total. The van der Waals surface area contributed by atoms with Crippen molar-refractivity contribution in [2.24, 2.45) is 22.2 Å². The van der Waals surface area contributed by atoms with Gasteiger partial charge < -0.3 is 58.9 Å². The summed E-state index contributed by atoms with van der Waals surface area (Å²) in [6, 6.07) is 15.3. The Hall–Kier alpha value is -7.84. The van der Waals surface area contributed by atoms with E-state index in [9.17, 15) is 43.2 Å². The molecule has 3 aliphatic rings. The van der Waals surface area contributed by atoms with Crippen LogP contribution in [-0.2, 0) is 56.0 Å². The summed E-state index contributed by atoms with van der Waals surface area (Å²) in [7, 11) is 0. The van der Waals surface area contributed by atoms with Crippen molar-refractivity contribution in [3.8, 4) is 0 Å². The second-order valence-corrected chi connectivity index (χ2v) is 17.7. The monoisotopic (exact) mass is 962 g/mol. The molecule has 3 saturated heterocycles. The SMILES string of the molecule is C[C@@H]1NC(=O)[C@H](CC(N)=O)NC(=O)C(c2ccccc2)NC(=O)[C@H](Cc2ccccc2)NC(=O)[C@H](CCCN=C(N)N)NC(=O)[C@@H]2CCCN2C(=O)[C@H]2CCCN2C(=O)[C@H](Cc2ccccc2)NC1=O. The second-order valence-electron chi connectivity index (χ2n) is 17.7. The molecule has 0 aromatic heterocycles. The van der Waals surface area contributed by atoms with Crippen LogP contribution in [0.25, 0.3) is 0 Å². The van der Waals surface area contributed by atoms with Gasteiger partial charge in [-0.15, -0.1) is 0 Å². The van der Waals surface area contributed by atoms with Gasteiger partial charge in [0.15, 0.2) is 5.96 Å². The maximum Gasteiger partial charge on any atom is 0.247 e. The van der Waals surface area contributed by atoms with Crippen LogP contribution in [0.1, 0.15) is 74.6 Å². The Morgan fingerprint density at radius 2 is 1.06 bits per heavy atom. The summed E-state index contributed by atoms with van der Waals surface area (Å²) in [4.78, 5) is 134. The van der Waals surface area contributed by atoms with E-state index in [-0.39, 0.29) is 69.7 Å². The molecule has 3 heterocycles. The number of guanidine groups is 1. The van der Waals surface area contributed by atoms with E-state index in [2.05, 4.69) is 36.9 Å². The Morgan fingerprint density at radius 3 is 1.66 bits per heavy atom. The zero-order valence-electron chi connectivity index (χ0n) is 39.0. The number of rotatable bonds is 11. The first-order chi connectivity index (χ1) is 33.6. The molecular weight excluding hydrogens is 901 g/mol. The standard InChI is InChI=1S/C49H62N12O9/c1-29-41(63)58-36(27-31-16-7-3-8-17-31)47(69)61-25-13-22-38(61)48(70)60-24-12-21-37(60)45(67)55-33(20-11-23-53-49(51)52)42(64)56-34(26-30-14-5-2-6-15-30)44(66)59-40(32-18-9-4-10-19-32)46(68)57-35(28-39(50)62)43(65)54-29/h2-10,14-19,29,33-38,40H,11-13,20-28H2,1H3,(H2,50,62)(H,54,65)(H,55,67)(H,56,64)(H,57,68)(H,58,63)(H,59,66)(H4,51,52,53)/t29-,33-,34-,35-,36-,37-,38+,40?/m0/s1. The highest BCUT2D eigenvalue weighted by atomic mass is 16.2. The minimum absolute atomic E-state index is 0.00506. The van der Waals surface area contributed by atoms with Gasteiger partial charge in [0.2, 0.25) is 53.2 Å². The fourth-order valence-corrected chi connectivity index (χ4v) is 8.93. The number of hydrogen-bond acceptors (Lipinski definition) is 10. The summed E-state index contributed by atoms with van der Waals surface area (Å²) in [6.45, 7) is 1.84. The third-order valence-corrected chi connectivity index (χ3v) is 12.5. The van der Waals surface area contributed by atoms with E-state index in [0.29, 0.717) is 24.0 Å². The molecule has 3 aromatic carbocycles. The minimum atomic E-state index is -1.65. The molecule has 21 nitrogen and oxygen atoms in total. The van der Waals surface area contributed by atoms with E-state index in [1.54, 1.807) is 91.0 Å². The highest BCUT2D eigenvalue weighted by Crippen LogP contribution is 2.27. The maximum atomic E-state index is 14.6. The van der Waals surface area contributed by atoms with Crippen molar-refractivity contribution in [1.29, 1.82) is 0 Å². The first-order valence-corrected chi connectivity index (χ1v) is 23.5. The Balaban J connectivity index is 1.40. The summed E-state index contributed by atoms with van der Waals surface area (Å²) in [5.74, 6) is -7.07. The Bertz CT molecular complexity index is 2400. The van der Waals surface area contributed by atoms with Crippen molar-refractivity contribution < 1.29 is 43.2 Å². The number of amides is 9. The fourth-order valence-electron chi connectivity index (χ4n) is 8.93. The third-order valence-electron chi connectivity index (χ3n) is 12.5. The molecule has 3 aromatic rings. The van der Waals surface area contributed by atoms with Gasteiger partial charge in [-0.05, 0) is 62.1 Å². The molecule has 8 atom stereocenters. The second kappa shape index (κ2) is 24.4. The lowest BCUT2D eigenvalue weighted by molar-refractivity contribution is -0.148. The number of nitrogens with zero attached hydrogens (tertiary/aromatic N) is 3. The van der Waals surface area contributed by atoms with Crippen molar-refractivity contribution in [1.82, 2.24) is 41.7 Å². The van der Waals surface area contributed by atoms with Gasteiger partial charge in [-0.3, -0.25) is 48.1 Å². The molecule has 3 aliphatic heterocycles. The van der Waals surface area contributed by atoms with Crippen LogP contribution >= 0.6 is 0 Å². The first kappa shape index (κ1) is 51.5. The molecule has 1 unspecified atom stereocenters. The summed E-state index contributed by atoms with van der Waals surface area (Å²) in [5.41, 5.74) is 18.3. The number of carbonyl (C=O) groups excluding carboxylic acids is 9. The summed E-state index contributed by atoms with van der Waals surface area (Å²) < 4.78 is 0. The normalized spacial score (nSPS) is 25.4. The average Bonchev–Trinajstić information content (AvgIpc) is 4.05. The van der Waals surface area contributed by atoms with Gasteiger partial charge in [0.1, 0.15) is 48.3 Å². The van der Waals surface area contributed by atoms with E-state index < -0.39 is 108 Å². The molecule has 0 bridgehead atoms. The lowest BCUT2D eigenvalue weighted by Gasteiger charge is -2.33. The predicted octanol–water partition coefficient (Wildman–Crippen LogP) is -1.30. The zero-order chi connectivity index (χ0) is 50.3. The molecule has 21 heteroatoms. The van der Waals surface area contributed by atoms with Gasteiger partial charge >= 0.3 is 0 Å². The molecule has 9 amide bonds. The van der Waals surface area contributed by atoms with Gasteiger partial charge in [-0.2, -0.15) is 0 Å². The summed E-state index contributed by atoms with van der Waals surface area (Å²) >= 11 is 0. The average molecular weight is 963 g/mol. The van der Waals surface area contributed by atoms with E-state index in [0.717, 1.165) is 0 Å². The Kier molecular flexibility index (Phi) is 18.0. The van der Waals surface area contributed by atoms with Crippen LogP contribution < -0.4 is 49.1 Å². The van der Waals surface area contributed by atoms with Crippen LogP contribution in [0.15, 0.2) is 96.0 Å². The largest absolute Gasteiger partial charge is 0.370 e. The smallest absolute Gasteiger partial charge is 0.247 e. The molecule has 0 radical (unpaired) electrons. The molecule has 372 valence electrons. The molecule has 0 aliphatic carbocycles. The van der Waals surface area contributed by atoms with Gasteiger partial charge in [0, 0.05) is 32.5 Å². The fraction of sp³-hybridized carbons (Fsp3) is 0.429. The first-order valence-electron chi connectivity index (χ1n) is 23.5. The van der Waals surface area contributed by atoms with E-state index in [1.807, 2.05) is 0 Å². The lowest BCUT2D eigenvalue weighted by atomic mass is 10.0. The summed E-state index contributed by atoms with van der Waals surface area (Å²) in [6.07, 6.45) is 0.921. The van der Waals surface area contributed by atoms with Crippen molar-refractivity contribution in [3.63, 3.8) is 0 Å². The van der Waals surface area contributed by atoms with Crippen molar-refractivity contribution in [3.05, 3.63) is 108 Å². The van der Waals surface area contributed by atoms with Gasteiger partial charge in [0.25, 0.3) is 0 Å². The van der Waals surface area contributed by atoms with Crippen LogP contribution in [0.4, 0.5) is 0 Å². The lowest BCUT2D eigenvalue weighted by Crippen LogP contribution is -2.60. The van der Waals surface area contributed by atoms with Crippen LogP contribution in [0.3, 0.4) is 0 Å². The van der Waals surface area contributed by atoms with E-state index >= 15 is 0 Å². The number of nitrogens with one attached hydrogen (secondary N) is 6. The number of primary amides is 1. The summed E-state index contributed by atoms with van der Waals surface area (Å²) in [5, 5.41) is 16.1. The van der Waals surface area contributed by atoms with Crippen LogP contribution in [0.2, 0.25) is 0 Å². The van der Waals surface area contributed by atoms with Crippen molar-refractivity contribution in [2.75, 3.05) is 19.6 Å². The molecule has 70 heavy (non-hydrogen) atoms. The molecule has 0 saturated carbocycles. The molecule has 0 spiro atoms. The molecular formula is C49H62N12O9. The topological polar surface area (TPSA) is 323 Å². The number of hydrogen-bond donors (Lipinski definition) is 9.